The van der Waals surface area contributed by atoms with Gasteiger partial charge in [0.05, 0.1) is 0 Å². The molecule has 0 spiro atoms. The molecule has 2 amide bonds. The maximum absolute atomic E-state index is 11.6. The zero-order valence-corrected chi connectivity index (χ0v) is 11.7. The summed E-state index contributed by atoms with van der Waals surface area (Å²) >= 11 is 5.81. The van der Waals surface area contributed by atoms with Crippen LogP contribution >= 0.6 is 11.6 Å². The molecule has 1 atom stereocenters. The Morgan fingerprint density at radius 3 is 2.75 bits per heavy atom. The first-order valence-corrected chi connectivity index (χ1v) is 6.72. The lowest BCUT2D eigenvalue weighted by Crippen LogP contribution is -2.47. The number of imide groups is 1. The van der Waals surface area contributed by atoms with E-state index < -0.39 is 6.04 Å². The van der Waals surface area contributed by atoms with Crippen LogP contribution in [0.4, 0.5) is 11.9 Å². The molecule has 1 aromatic heterocycles. The van der Waals surface area contributed by atoms with Crippen LogP contribution in [0.1, 0.15) is 26.2 Å². The molecule has 8 nitrogen and oxygen atoms in total. The average molecular weight is 299 g/mol. The number of carbonyl (C=O) groups excluding carboxylic acids is 2. The minimum absolute atomic E-state index is 0.0356. The molecule has 9 heteroatoms. The largest absolute Gasteiger partial charge is 0.354 e. The molecule has 0 aromatic carbocycles. The van der Waals surface area contributed by atoms with E-state index in [-0.39, 0.29) is 29.5 Å². The van der Waals surface area contributed by atoms with Crippen LogP contribution < -0.4 is 16.0 Å². The van der Waals surface area contributed by atoms with Gasteiger partial charge in [-0.05, 0) is 24.4 Å². The van der Waals surface area contributed by atoms with E-state index in [4.69, 9.17) is 11.6 Å². The quantitative estimate of drug-likeness (QED) is 0.682. The molecule has 2 heterocycles. The molecule has 0 radical (unpaired) electrons. The van der Waals surface area contributed by atoms with Gasteiger partial charge >= 0.3 is 0 Å². The lowest BCUT2D eigenvalue weighted by molar-refractivity contribution is -0.133. The normalized spacial score (nSPS) is 18.6. The summed E-state index contributed by atoms with van der Waals surface area (Å²) in [5.41, 5.74) is 0. The number of anilines is 2. The number of hydrogen-bond acceptors (Lipinski definition) is 7. The van der Waals surface area contributed by atoms with Gasteiger partial charge in [0.25, 0.3) is 0 Å². The average Bonchev–Trinajstić information content (AvgIpc) is 2.39. The number of hydrogen-bond donors (Lipinski definition) is 3. The zero-order valence-electron chi connectivity index (χ0n) is 10.9. The monoisotopic (exact) mass is 298 g/mol. The molecule has 1 fully saturated rings. The van der Waals surface area contributed by atoms with Crippen molar-refractivity contribution in [1.29, 1.82) is 0 Å². The third-order valence-electron chi connectivity index (χ3n) is 2.68. The summed E-state index contributed by atoms with van der Waals surface area (Å²) in [4.78, 5) is 34.7. The molecular formula is C11H15ClN6O2. The molecule has 1 aromatic rings. The highest BCUT2D eigenvalue weighted by Crippen LogP contribution is 2.13. The number of piperidine rings is 1. The number of carbonyl (C=O) groups is 2. The minimum atomic E-state index is -0.551. The van der Waals surface area contributed by atoms with Crippen LogP contribution in [-0.2, 0) is 9.59 Å². The van der Waals surface area contributed by atoms with Crippen molar-refractivity contribution in [2.24, 2.45) is 0 Å². The lowest BCUT2D eigenvalue weighted by Gasteiger charge is -2.21. The first-order chi connectivity index (χ1) is 9.58. The van der Waals surface area contributed by atoms with Crippen molar-refractivity contribution in [2.45, 2.75) is 32.2 Å². The maximum atomic E-state index is 11.6. The standard InChI is InChI=1S/C11H15ClN6O2/c1-2-5-13-10-16-9(12)17-11(18-10)14-6-3-4-7(19)15-8(6)20/h6H,2-5H2,1H3,(H,15,19,20)(H2,13,14,16,17,18). The Bertz CT molecular complexity index is 524. The molecule has 0 bridgehead atoms. The van der Waals surface area contributed by atoms with E-state index in [1.54, 1.807) is 0 Å². The van der Waals surface area contributed by atoms with E-state index in [2.05, 4.69) is 30.9 Å². The molecule has 1 saturated heterocycles. The first kappa shape index (κ1) is 14.4. The van der Waals surface area contributed by atoms with Crippen molar-refractivity contribution in [2.75, 3.05) is 17.2 Å². The Morgan fingerprint density at radius 1 is 1.30 bits per heavy atom. The van der Waals surface area contributed by atoms with Gasteiger partial charge in [0.2, 0.25) is 29.0 Å². The molecule has 1 unspecified atom stereocenters. The topological polar surface area (TPSA) is 109 Å². The van der Waals surface area contributed by atoms with Gasteiger partial charge in [-0.1, -0.05) is 6.92 Å². The summed E-state index contributed by atoms with van der Waals surface area (Å²) < 4.78 is 0. The number of nitrogens with one attached hydrogen (secondary N) is 3. The van der Waals surface area contributed by atoms with Gasteiger partial charge in [-0.2, -0.15) is 15.0 Å². The predicted molar refractivity (Wildman–Crippen MR) is 73.4 cm³/mol. The Labute approximate surface area is 120 Å². The SMILES string of the molecule is CCCNc1nc(Cl)nc(NC2CCC(=O)NC2=O)n1. The van der Waals surface area contributed by atoms with Crippen molar-refractivity contribution in [1.82, 2.24) is 20.3 Å². The second kappa shape index (κ2) is 6.47. The van der Waals surface area contributed by atoms with Gasteiger partial charge in [0.1, 0.15) is 6.04 Å². The molecule has 2 rings (SSSR count). The van der Waals surface area contributed by atoms with Crippen LogP contribution in [-0.4, -0.2) is 39.4 Å². The van der Waals surface area contributed by atoms with Crippen LogP contribution in [0.25, 0.3) is 0 Å². The van der Waals surface area contributed by atoms with Crippen molar-refractivity contribution in [3.05, 3.63) is 5.28 Å². The van der Waals surface area contributed by atoms with Gasteiger partial charge in [0, 0.05) is 13.0 Å². The highest BCUT2D eigenvalue weighted by atomic mass is 35.5. The highest BCUT2D eigenvalue weighted by molar-refractivity contribution is 6.28. The fourth-order valence-electron chi connectivity index (χ4n) is 1.72. The van der Waals surface area contributed by atoms with Crippen LogP contribution in [0.2, 0.25) is 5.28 Å². The molecule has 0 aliphatic carbocycles. The van der Waals surface area contributed by atoms with Crippen LogP contribution in [0.15, 0.2) is 0 Å². The molecular weight excluding hydrogens is 284 g/mol. The van der Waals surface area contributed by atoms with Crippen molar-refractivity contribution >= 4 is 35.3 Å². The summed E-state index contributed by atoms with van der Waals surface area (Å²) in [5, 5.41) is 8.14. The van der Waals surface area contributed by atoms with E-state index in [1.165, 1.54) is 0 Å². The fourth-order valence-corrected chi connectivity index (χ4v) is 1.88. The summed E-state index contributed by atoms with van der Waals surface area (Å²) in [5.74, 6) is -0.104. The molecule has 1 aliphatic heterocycles. The molecule has 3 N–H and O–H groups in total. The lowest BCUT2D eigenvalue weighted by atomic mass is 10.1. The van der Waals surface area contributed by atoms with E-state index in [9.17, 15) is 9.59 Å². The summed E-state index contributed by atoms with van der Waals surface area (Å²) in [6, 6.07) is -0.551. The summed E-state index contributed by atoms with van der Waals surface area (Å²) in [7, 11) is 0. The summed E-state index contributed by atoms with van der Waals surface area (Å²) in [6.07, 6.45) is 1.59. The van der Waals surface area contributed by atoms with Gasteiger partial charge in [-0.25, -0.2) is 0 Å². The third kappa shape index (κ3) is 3.77. The molecule has 20 heavy (non-hydrogen) atoms. The third-order valence-corrected chi connectivity index (χ3v) is 2.85. The Morgan fingerprint density at radius 2 is 2.05 bits per heavy atom. The van der Waals surface area contributed by atoms with Crippen LogP contribution in [0.3, 0.4) is 0 Å². The van der Waals surface area contributed by atoms with Gasteiger partial charge in [-0.3, -0.25) is 14.9 Å². The van der Waals surface area contributed by atoms with E-state index in [0.717, 1.165) is 6.42 Å². The van der Waals surface area contributed by atoms with Crippen molar-refractivity contribution in [3.63, 3.8) is 0 Å². The fraction of sp³-hybridized carbons (Fsp3) is 0.545. The summed E-state index contributed by atoms with van der Waals surface area (Å²) in [6.45, 7) is 2.72. The van der Waals surface area contributed by atoms with Gasteiger partial charge in [-0.15, -0.1) is 0 Å². The van der Waals surface area contributed by atoms with Crippen molar-refractivity contribution < 1.29 is 9.59 Å². The second-order valence-electron chi connectivity index (χ2n) is 4.33. The van der Waals surface area contributed by atoms with Gasteiger partial charge < -0.3 is 10.6 Å². The molecule has 1 aliphatic rings. The van der Waals surface area contributed by atoms with Gasteiger partial charge in [0.15, 0.2) is 0 Å². The predicted octanol–water partition coefficient (Wildman–Crippen LogP) is 0.564. The molecule has 0 saturated carbocycles. The highest BCUT2D eigenvalue weighted by Gasteiger charge is 2.27. The maximum Gasteiger partial charge on any atom is 0.249 e. The Hall–Kier alpha value is -1.96. The van der Waals surface area contributed by atoms with Crippen molar-refractivity contribution in [3.8, 4) is 0 Å². The number of halogens is 1. The minimum Gasteiger partial charge on any atom is -0.354 e. The van der Waals surface area contributed by atoms with Crippen LogP contribution in [0, 0.1) is 0 Å². The van der Waals surface area contributed by atoms with E-state index in [1.807, 2.05) is 6.92 Å². The van der Waals surface area contributed by atoms with E-state index in [0.29, 0.717) is 18.9 Å². The van der Waals surface area contributed by atoms with Crippen LogP contribution in [0.5, 0.6) is 0 Å². The number of nitrogens with zero attached hydrogens (tertiary/aromatic N) is 3. The smallest absolute Gasteiger partial charge is 0.249 e. The Kier molecular flexibility index (Phi) is 4.67. The second-order valence-corrected chi connectivity index (χ2v) is 4.66. The molecule has 108 valence electrons. The first-order valence-electron chi connectivity index (χ1n) is 6.34. The number of rotatable bonds is 5. The number of amides is 2. The number of aromatic nitrogens is 3. The van der Waals surface area contributed by atoms with E-state index >= 15 is 0 Å². The zero-order chi connectivity index (χ0) is 14.5. The Balaban J connectivity index is 2.06.